The molecule has 114 valence electrons. The Morgan fingerprint density at radius 2 is 1.15 bits per heavy atom. The lowest BCUT2D eigenvalue weighted by atomic mass is 10.2. The second-order valence-electron chi connectivity index (χ2n) is 5.20. The summed E-state index contributed by atoms with van der Waals surface area (Å²) in [6.45, 7) is 9.99. The third-order valence-corrected chi connectivity index (χ3v) is 1.99. The first kappa shape index (κ1) is 18.8. The monoisotopic (exact) mass is 284 g/mol. The summed E-state index contributed by atoms with van der Waals surface area (Å²) < 4.78 is 11.4. The SMILES string of the molecule is CC(C)COc1ccccc1OCC(C)C.OB(O)O. The molecular weight excluding hydrogens is 259 g/mol. The van der Waals surface area contributed by atoms with Crippen molar-refractivity contribution in [3.05, 3.63) is 24.3 Å². The maximum absolute atomic E-state index is 7.17. The van der Waals surface area contributed by atoms with Gasteiger partial charge in [-0.15, -0.1) is 0 Å². The van der Waals surface area contributed by atoms with Crippen LogP contribution < -0.4 is 9.47 Å². The van der Waals surface area contributed by atoms with Crippen LogP contribution in [0.5, 0.6) is 11.5 Å². The Hall–Kier alpha value is -1.24. The molecule has 3 N–H and O–H groups in total. The molecular formula is C14H25BO5. The van der Waals surface area contributed by atoms with Crippen LogP contribution in [-0.2, 0) is 0 Å². The van der Waals surface area contributed by atoms with Crippen LogP contribution >= 0.6 is 0 Å². The third kappa shape index (κ3) is 10.7. The quantitative estimate of drug-likeness (QED) is 0.693. The second-order valence-corrected chi connectivity index (χ2v) is 5.20. The zero-order chi connectivity index (χ0) is 15.5. The van der Waals surface area contributed by atoms with Crippen molar-refractivity contribution in [1.82, 2.24) is 0 Å². The Balaban J connectivity index is 0.000000796. The summed E-state index contributed by atoms with van der Waals surface area (Å²) in [4.78, 5) is 0. The Kier molecular flexibility index (Phi) is 9.89. The predicted octanol–water partition coefficient (Wildman–Crippen LogP) is 1.70. The molecule has 0 aromatic heterocycles. The molecule has 0 saturated heterocycles. The van der Waals surface area contributed by atoms with Crippen LogP contribution in [0.4, 0.5) is 0 Å². The highest BCUT2D eigenvalue weighted by atomic mass is 16.5. The van der Waals surface area contributed by atoms with Gasteiger partial charge in [0.1, 0.15) is 0 Å². The average molecular weight is 284 g/mol. The van der Waals surface area contributed by atoms with Crippen molar-refractivity contribution in [2.75, 3.05) is 13.2 Å². The van der Waals surface area contributed by atoms with Gasteiger partial charge in [0.2, 0.25) is 0 Å². The van der Waals surface area contributed by atoms with E-state index in [-0.39, 0.29) is 0 Å². The highest BCUT2D eigenvalue weighted by Gasteiger charge is 2.05. The molecule has 0 aliphatic carbocycles. The van der Waals surface area contributed by atoms with E-state index in [0.717, 1.165) is 24.7 Å². The lowest BCUT2D eigenvalue weighted by Gasteiger charge is -2.14. The fourth-order valence-electron chi connectivity index (χ4n) is 1.20. The molecule has 0 aliphatic heterocycles. The van der Waals surface area contributed by atoms with E-state index in [0.29, 0.717) is 11.8 Å². The molecule has 0 heterocycles. The minimum Gasteiger partial charge on any atom is -0.489 e. The Labute approximate surface area is 121 Å². The minimum atomic E-state index is -2.17. The summed E-state index contributed by atoms with van der Waals surface area (Å²) in [5, 5.41) is 21.5. The molecule has 1 aromatic rings. The fraction of sp³-hybridized carbons (Fsp3) is 0.571. The molecule has 0 fully saturated rings. The molecule has 0 amide bonds. The maximum atomic E-state index is 7.17. The average Bonchev–Trinajstić information content (AvgIpc) is 2.34. The van der Waals surface area contributed by atoms with E-state index in [2.05, 4.69) is 27.7 Å². The summed E-state index contributed by atoms with van der Waals surface area (Å²) in [6.07, 6.45) is 0. The zero-order valence-corrected chi connectivity index (χ0v) is 12.6. The Morgan fingerprint density at radius 1 is 0.850 bits per heavy atom. The van der Waals surface area contributed by atoms with Gasteiger partial charge in [0, 0.05) is 0 Å². The predicted molar refractivity (Wildman–Crippen MR) is 79.5 cm³/mol. The Bertz CT molecular complexity index is 321. The van der Waals surface area contributed by atoms with Crippen molar-refractivity contribution in [1.29, 1.82) is 0 Å². The van der Waals surface area contributed by atoms with Gasteiger partial charge in [-0.1, -0.05) is 39.8 Å². The summed E-state index contributed by atoms with van der Waals surface area (Å²) in [7, 11) is -2.17. The van der Waals surface area contributed by atoms with E-state index in [4.69, 9.17) is 24.5 Å². The molecule has 6 heteroatoms. The van der Waals surface area contributed by atoms with Crippen molar-refractivity contribution in [3.8, 4) is 11.5 Å². The third-order valence-electron chi connectivity index (χ3n) is 1.99. The van der Waals surface area contributed by atoms with E-state index in [9.17, 15) is 0 Å². The molecule has 5 nitrogen and oxygen atoms in total. The first-order valence-corrected chi connectivity index (χ1v) is 6.71. The van der Waals surface area contributed by atoms with E-state index >= 15 is 0 Å². The van der Waals surface area contributed by atoms with Crippen LogP contribution in [0.3, 0.4) is 0 Å². The molecule has 0 unspecified atom stereocenters. The zero-order valence-electron chi connectivity index (χ0n) is 12.6. The Morgan fingerprint density at radius 3 is 1.40 bits per heavy atom. The summed E-state index contributed by atoms with van der Waals surface area (Å²) in [5.41, 5.74) is 0. The first-order valence-electron chi connectivity index (χ1n) is 6.71. The second kappa shape index (κ2) is 10.5. The van der Waals surface area contributed by atoms with Crippen LogP contribution in [0.25, 0.3) is 0 Å². The number of hydrogen-bond acceptors (Lipinski definition) is 5. The minimum absolute atomic E-state index is 0.526. The van der Waals surface area contributed by atoms with Gasteiger partial charge in [-0.3, -0.25) is 0 Å². The van der Waals surface area contributed by atoms with Gasteiger partial charge in [0.15, 0.2) is 11.5 Å². The van der Waals surface area contributed by atoms with Crippen molar-refractivity contribution < 1.29 is 24.5 Å². The van der Waals surface area contributed by atoms with E-state index in [1.807, 2.05) is 24.3 Å². The molecule has 20 heavy (non-hydrogen) atoms. The van der Waals surface area contributed by atoms with Crippen LogP contribution in [0.2, 0.25) is 0 Å². The van der Waals surface area contributed by atoms with Gasteiger partial charge in [-0.25, -0.2) is 0 Å². The maximum Gasteiger partial charge on any atom is 0.631 e. The van der Waals surface area contributed by atoms with Crippen LogP contribution in [0, 0.1) is 11.8 Å². The molecule has 1 rings (SSSR count). The van der Waals surface area contributed by atoms with Crippen LogP contribution in [-0.4, -0.2) is 35.6 Å². The van der Waals surface area contributed by atoms with Gasteiger partial charge in [0.05, 0.1) is 13.2 Å². The lowest BCUT2D eigenvalue weighted by molar-refractivity contribution is 0.229. The number of ether oxygens (including phenoxy) is 2. The van der Waals surface area contributed by atoms with Gasteiger partial charge < -0.3 is 24.5 Å². The summed E-state index contributed by atoms with van der Waals surface area (Å²) in [5.74, 6) is 2.74. The normalized spacial score (nSPS) is 10.1. The fourth-order valence-corrected chi connectivity index (χ4v) is 1.20. The molecule has 0 aliphatic rings. The first-order chi connectivity index (χ1) is 9.32. The number of rotatable bonds is 6. The van der Waals surface area contributed by atoms with Gasteiger partial charge in [-0.2, -0.15) is 0 Å². The molecule has 0 bridgehead atoms. The summed E-state index contributed by atoms with van der Waals surface area (Å²) >= 11 is 0. The van der Waals surface area contributed by atoms with Gasteiger partial charge in [0.25, 0.3) is 0 Å². The lowest BCUT2D eigenvalue weighted by Crippen LogP contribution is -2.08. The molecule has 0 atom stereocenters. The smallest absolute Gasteiger partial charge is 0.489 e. The molecule has 0 saturated carbocycles. The van der Waals surface area contributed by atoms with Crippen molar-refractivity contribution in [2.24, 2.45) is 11.8 Å². The van der Waals surface area contributed by atoms with E-state index in [1.54, 1.807) is 0 Å². The van der Waals surface area contributed by atoms with Gasteiger partial charge in [-0.05, 0) is 24.0 Å². The highest BCUT2D eigenvalue weighted by Crippen LogP contribution is 2.27. The molecule has 1 aromatic carbocycles. The van der Waals surface area contributed by atoms with Gasteiger partial charge >= 0.3 is 7.32 Å². The van der Waals surface area contributed by atoms with Crippen molar-refractivity contribution >= 4 is 7.32 Å². The molecule has 0 spiro atoms. The molecule has 0 radical (unpaired) electrons. The largest absolute Gasteiger partial charge is 0.631 e. The number of benzene rings is 1. The van der Waals surface area contributed by atoms with E-state index < -0.39 is 7.32 Å². The standard InChI is InChI=1S/C14H22O2.BH3O3/c1-11(2)9-15-13-7-5-6-8-14(13)16-10-12(3)4;2-1(3)4/h5-8,11-12H,9-10H2,1-4H3;2-4H. The summed E-state index contributed by atoms with van der Waals surface area (Å²) in [6, 6.07) is 7.85. The number of hydrogen-bond donors (Lipinski definition) is 3. The highest BCUT2D eigenvalue weighted by molar-refractivity contribution is 6.30. The number of para-hydroxylation sites is 2. The van der Waals surface area contributed by atoms with Crippen molar-refractivity contribution in [2.45, 2.75) is 27.7 Å². The van der Waals surface area contributed by atoms with Crippen LogP contribution in [0.1, 0.15) is 27.7 Å². The van der Waals surface area contributed by atoms with Crippen molar-refractivity contribution in [3.63, 3.8) is 0 Å². The van der Waals surface area contributed by atoms with Crippen LogP contribution in [0.15, 0.2) is 24.3 Å². The van der Waals surface area contributed by atoms with E-state index in [1.165, 1.54) is 0 Å². The topological polar surface area (TPSA) is 79.2 Å².